The summed E-state index contributed by atoms with van der Waals surface area (Å²) in [6, 6.07) is 16.6. The van der Waals surface area contributed by atoms with Crippen molar-refractivity contribution >= 4 is 28.7 Å². The molecule has 9 nitrogen and oxygen atoms in total. The maximum Gasteiger partial charge on any atom is 0.313 e. The van der Waals surface area contributed by atoms with E-state index in [0.717, 1.165) is 27.7 Å². The summed E-state index contributed by atoms with van der Waals surface area (Å²) in [5.41, 5.74) is 4.38. The predicted octanol–water partition coefficient (Wildman–Crippen LogP) is 4.27. The molecule has 0 bridgehead atoms. The molecule has 2 amide bonds. The zero-order valence-electron chi connectivity index (χ0n) is 23.4. The van der Waals surface area contributed by atoms with Crippen molar-refractivity contribution in [3.8, 4) is 5.75 Å². The number of hydrogen-bond acceptors (Lipinski definition) is 7. The average Bonchev–Trinajstić information content (AvgIpc) is 3.67. The number of carbonyl (C=O) groups excluding carboxylic acids is 3. The molecule has 0 aliphatic heterocycles. The molecule has 0 spiro atoms. The zero-order valence-corrected chi connectivity index (χ0v) is 23.4. The van der Waals surface area contributed by atoms with Crippen LogP contribution in [0.2, 0.25) is 0 Å². The minimum atomic E-state index is -1.01. The Hall–Kier alpha value is -3.98. The van der Waals surface area contributed by atoms with Gasteiger partial charge in [-0.3, -0.25) is 24.6 Å². The number of esters is 1. The standard InChI is InChI=1S/C31H37N3O6/c1-5-39-30(37)31(17-25(31)28(35)33-27(14-19(2)3)29(36)34-38)16-21-10-12-23(13-11-21)40-18-22-15-20(4)32-26-9-7-6-8-24(22)26/h6-13,15,19,25,27,38H,5,14,16-18H2,1-4H3,(H,33,35)(H,34,36). The van der Waals surface area contributed by atoms with E-state index < -0.39 is 35.2 Å². The number of rotatable bonds is 12. The van der Waals surface area contributed by atoms with E-state index in [9.17, 15) is 14.4 Å². The van der Waals surface area contributed by atoms with Gasteiger partial charge in [-0.15, -0.1) is 0 Å². The van der Waals surface area contributed by atoms with Crippen LogP contribution in [0.4, 0.5) is 0 Å². The second kappa shape index (κ2) is 12.5. The quantitative estimate of drug-likeness (QED) is 0.176. The van der Waals surface area contributed by atoms with Crippen molar-refractivity contribution in [3.05, 3.63) is 71.4 Å². The molecule has 0 radical (unpaired) electrons. The van der Waals surface area contributed by atoms with Crippen LogP contribution in [-0.4, -0.2) is 40.6 Å². The molecule has 1 saturated carbocycles. The van der Waals surface area contributed by atoms with Gasteiger partial charge in [-0.1, -0.05) is 44.2 Å². The number of aromatic nitrogens is 1. The van der Waals surface area contributed by atoms with Gasteiger partial charge in [0.25, 0.3) is 5.91 Å². The number of carbonyl (C=O) groups is 3. The van der Waals surface area contributed by atoms with Crippen molar-refractivity contribution < 1.29 is 29.1 Å². The Kier molecular flexibility index (Phi) is 9.04. The molecule has 2 aromatic carbocycles. The second-order valence-electron chi connectivity index (χ2n) is 10.8. The minimum absolute atomic E-state index is 0.110. The van der Waals surface area contributed by atoms with Crippen LogP contribution in [0.3, 0.4) is 0 Å². The van der Waals surface area contributed by atoms with Crippen molar-refractivity contribution in [2.45, 2.75) is 59.6 Å². The Bertz CT molecular complexity index is 1370. The molecule has 40 heavy (non-hydrogen) atoms. The lowest BCUT2D eigenvalue weighted by Gasteiger charge is -2.20. The molecule has 1 aliphatic carbocycles. The first-order valence-electron chi connectivity index (χ1n) is 13.7. The number of hydroxylamine groups is 1. The molecule has 1 heterocycles. The predicted molar refractivity (Wildman–Crippen MR) is 149 cm³/mol. The van der Waals surface area contributed by atoms with Crippen LogP contribution in [0.1, 0.15) is 50.4 Å². The van der Waals surface area contributed by atoms with E-state index in [4.69, 9.17) is 14.7 Å². The van der Waals surface area contributed by atoms with Gasteiger partial charge in [-0.25, -0.2) is 5.48 Å². The molecule has 3 aromatic rings. The van der Waals surface area contributed by atoms with E-state index in [2.05, 4.69) is 10.3 Å². The van der Waals surface area contributed by atoms with Gasteiger partial charge in [0, 0.05) is 16.6 Å². The monoisotopic (exact) mass is 547 g/mol. The highest BCUT2D eigenvalue weighted by Gasteiger charge is 2.64. The molecule has 0 saturated heterocycles. The number of ether oxygens (including phenoxy) is 2. The van der Waals surface area contributed by atoms with E-state index in [-0.39, 0.29) is 12.5 Å². The summed E-state index contributed by atoms with van der Waals surface area (Å²) in [6.07, 6.45) is 0.993. The highest BCUT2D eigenvalue weighted by Crippen LogP contribution is 2.56. The second-order valence-corrected chi connectivity index (χ2v) is 10.8. The molecule has 1 fully saturated rings. The number of hydrogen-bond donors (Lipinski definition) is 3. The number of pyridine rings is 1. The maximum atomic E-state index is 13.1. The number of para-hydroxylation sites is 1. The van der Waals surface area contributed by atoms with Gasteiger partial charge in [-0.05, 0) is 68.9 Å². The minimum Gasteiger partial charge on any atom is -0.489 e. The smallest absolute Gasteiger partial charge is 0.313 e. The Morgan fingerprint density at radius 3 is 2.52 bits per heavy atom. The molecular formula is C31H37N3O6. The van der Waals surface area contributed by atoms with Gasteiger partial charge in [0.15, 0.2) is 0 Å². The highest BCUT2D eigenvalue weighted by atomic mass is 16.5. The Morgan fingerprint density at radius 1 is 1.12 bits per heavy atom. The lowest BCUT2D eigenvalue weighted by molar-refractivity contribution is -0.151. The van der Waals surface area contributed by atoms with Gasteiger partial charge >= 0.3 is 5.97 Å². The van der Waals surface area contributed by atoms with E-state index in [0.29, 0.717) is 31.6 Å². The molecule has 3 unspecified atom stereocenters. The van der Waals surface area contributed by atoms with Crippen molar-refractivity contribution in [1.82, 2.24) is 15.8 Å². The maximum absolute atomic E-state index is 13.1. The summed E-state index contributed by atoms with van der Waals surface area (Å²) in [4.78, 5) is 42.8. The molecule has 1 aromatic heterocycles. The zero-order chi connectivity index (χ0) is 28.9. The Morgan fingerprint density at radius 2 is 1.85 bits per heavy atom. The third kappa shape index (κ3) is 6.59. The molecule has 9 heteroatoms. The van der Waals surface area contributed by atoms with Crippen molar-refractivity contribution in [2.24, 2.45) is 17.3 Å². The van der Waals surface area contributed by atoms with Crippen LogP contribution in [0.5, 0.6) is 5.75 Å². The van der Waals surface area contributed by atoms with Crippen LogP contribution < -0.4 is 15.5 Å². The van der Waals surface area contributed by atoms with Gasteiger partial charge < -0.3 is 14.8 Å². The summed E-state index contributed by atoms with van der Waals surface area (Å²) < 4.78 is 11.4. The lowest BCUT2D eigenvalue weighted by Crippen LogP contribution is -2.47. The van der Waals surface area contributed by atoms with E-state index in [1.807, 2.05) is 75.4 Å². The van der Waals surface area contributed by atoms with E-state index in [1.165, 1.54) is 0 Å². The highest BCUT2D eigenvalue weighted by molar-refractivity contribution is 5.96. The SMILES string of the molecule is CCOC(=O)C1(Cc2ccc(OCc3cc(C)nc4ccccc34)cc2)CC1C(=O)NC(CC(C)C)C(=O)NO. The summed E-state index contributed by atoms with van der Waals surface area (Å²) >= 11 is 0. The lowest BCUT2D eigenvalue weighted by atomic mass is 9.93. The molecule has 4 rings (SSSR count). The van der Waals surface area contributed by atoms with Gasteiger partial charge in [-0.2, -0.15) is 0 Å². The van der Waals surface area contributed by atoms with Crippen molar-refractivity contribution in [2.75, 3.05) is 6.61 Å². The molecular weight excluding hydrogens is 510 g/mol. The number of fused-ring (bicyclic) bond motifs is 1. The van der Waals surface area contributed by atoms with Gasteiger partial charge in [0.1, 0.15) is 18.4 Å². The van der Waals surface area contributed by atoms with Crippen LogP contribution in [0.15, 0.2) is 54.6 Å². The Balaban J connectivity index is 1.44. The summed E-state index contributed by atoms with van der Waals surface area (Å²) in [5, 5.41) is 12.8. The topological polar surface area (TPSA) is 127 Å². The average molecular weight is 548 g/mol. The number of nitrogens with one attached hydrogen (secondary N) is 2. The van der Waals surface area contributed by atoms with Gasteiger partial charge in [0.2, 0.25) is 5.91 Å². The Labute approximate surface area is 234 Å². The van der Waals surface area contributed by atoms with Gasteiger partial charge in [0.05, 0.1) is 23.5 Å². The first-order valence-corrected chi connectivity index (χ1v) is 13.7. The third-order valence-electron chi connectivity index (χ3n) is 7.29. The van der Waals surface area contributed by atoms with Crippen LogP contribution >= 0.6 is 0 Å². The fourth-order valence-electron chi connectivity index (χ4n) is 5.21. The molecule has 1 aliphatic rings. The molecule has 3 atom stereocenters. The number of amides is 2. The number of nitrogens with zero attached hydrogens (tertiary/aromatic N) is 1. The normalized spacial score (nSPS) is 18.7. The first-order chi connectivity index (χ1) is 19.2. The van der Waals surface area contributed by atoms with E-state index in [1.54, 1.807) is 12.4 Å². The van der Waals surface area contributed by atoms with Crippen molar-refractivity contribution in [3.63, 3.8) is 0 Å². The number of aryl methyl sites for hydroxylation is 1. The van der Waals surface area contributed by atoms with Crippen molar-refractivity contribution in [1.29, 1.82) is 0 Å². The summed E-state index contributed by atoms with van der Waals surface area (Å²) in [5.74, 6) is -1.35. The van der Waals surface area contributed by atoms with E-state index >= 15 is 0 Å². The molecule has 212 valence electrons. The fraction of sp³-hybridized carbons (Fsp3) is 0.419. The largest absolute Gasteiger partial charge is 0.489 e. The summed E-state index contributed by atoms with van der Waals surface area (Å²) in [7, 11) is 0. The first kappa shape index (κ1) is 29.0. The summed E-state index contributed by atoms with van der Waals surface area (Å²) in [6.45, 7) is 8.11. The number of benzene rings is 2. The van der Waals surface area contributed by atoms with Crippen LogP contribution in [-0.2, 0) is 32.1 Å². The molecule has 3 N–H and O–H groups in total. The third-order valence-corrected chi connectivity index (χ3v) is 7.29. The van der Waals surface area contributed by atoms with Crippen LogP contribution in [0, 0.1) is 24.2 Å². The fourth-order valence-corrected chi connectivity index (χ4v) is 5.21. The van der Waals surface area contributed by atoms with Crippen LogP contribution in [0.25, 0.3) is 10.9 Å².